The second kappa shape index (κ2) is 62.5. The van der Waals surface area contributed by atoms with E-state index < -0.39 is 0 Å². The molecule has 124 heavy (non-hydrogen) atoms. The lowest BCUT2D eigenvalue weighted by molar-refractivity contribution is 0.556. The van der Waals surface area contributed by atoms with Crippen molar-refractivity contribution in [2.75, 3.05) is 0 Å². The van der Waals surface area contributed by atoms with Crippen LogP contribution in [0.4, 0.5) is 0 Å². The SMILES string of the molecule is C=Cc1ccc(CC(C)C)cc1.CC(C)Cc1c(CC(C)C)c(CC(C)C)c(CC(C)C)c(CC(C)C)c1CC(C)C.CC(C)Cc1cc(CC(C)C)c(CC(C)C)cc1CC(C)C.CC(C)Cc1cc(CC(C)C)cc(CC(C)C)c1.CC(C)Cc1ccc(CC(C)C)cc1.CC(C)Cc1cccc(CC(C)C)c1.CC(C)Cc1ccccc1CC(C)C. The summed E-state index contributed by atoms with van der Waals surface area (Å²) in [6, 6.07) is 47.9. The standard InChI is InChI=1S/C30H54.C22H38.C18H30.3C14H22.C12H16/c1-19(2)13-25-26(14-20(3)4)28(16-22(7)8)30(18-24(11)12)29(17-23(9)10)27(25)15-21(5)6;1-15(2)9-19-13-21(11-17(5)6)22(12-18(7)8)14-20(19)10-16(3)4;1-13(2)7-16-10-17(8-14(3)4)12-18(11-16)9-15(5)6;1-11(2)9-13-5-7-14(8-6-13)10-12(3)4;1-11(2)8-13-6-5-7-14(10-13)9-12(3)4;1-11(2)9-13-7-5-6-8-14(13)10-12(3)4;1-4-11-5-7-12(8-6-11)9-10(2)3/h19-24H,13-18H2,1-12H3;13-18H,9-12H2,1-8H3;10-15H,7-9H2,1-6H3;5-8,11-12H,9-10H2,1-4H3;5-7,10-12H,8-9H2,1-4H3;5-8,11-12H,9-10H2,1-4H3;4-8,10H,1,9H2,2-3H3. The van der Waals surface area contributed by atoms with E-state index in [9.17, 15) is 0 Å². The van der Waals surface area contributed by atoms with Crippen LogP contribution in [0.3, 0.4) is 0 Å². The van der Waals surface area contributed by atoms with E-state index in [1.54, 1.807) is 55.6 Å². The Kier molecular flexibility index (Phi) is 58.6. The monoisotopic (exact) mass is 1690 g/mol. The van der Waals surface area contributed by atoms with E-state index in [1.165, 1.54) is 183 Å². The molecule has 0 heteroatoms. The van der Waals surface area contributed by atoms with Gasteiger partial charge in [0, 0.05) is 0 Å². The highest BCUT2D eigenvalue weighted by Crippen LogP contribution is 2.38. The maximum Gasteiger partial charge on any atom is -0.0250 e. The first kappa shape index (κ1) is 116. The molecule has 7 rings (SSSR count). The largest absolute Gasteiger partial charge is 0.0985 e. The van der Waals surface area contributed by atoms with E-state index in [4.69, 9.17) is 0 Å². The Morgan fingerprint density at radius 3 is 0.500 bits per heavy atom. The lowest BCUT2D eigenvalue weighted by Crippen LogP contribution is -2.20. The first-order valence-corrected chi connectivity index (χ1v) is 51.2. The molecule has 7 aromatic carbocycles. The number of benzene rings is 7. The summed E-state index contributed by atoms with van der Waals surface area (Å²) < 4.78 is 0. The molecule has 0 aromatic heterocycles. The molecule has 0 spiro atoms. The normalized spacial score (nSPS) is 11.7. The molecule has 0 nitrogen and oxygen atoms in total. The van der Waals surface area contributed by atoms with Gasteiger partial charge in [0.15, 0.2) is 0 Å². The Bertz CT molecular complexity index is 3500. The molecular formula is C124H204. The molecule has 0 fully saturated rings. The Hall–Kier alpha value is -5.72. The zero-order valence-corrected chi connectivity index (χ0v) is 89.6. The summed E-state index contributed by atoms with van der Waals surface area (Å²) in [6.45, 7) is 96.9. The van der Waals surface area contributed by atoms with Crippen molar-refractivity contribution < 1.29 is 0 Å². The van der Waals surface area contributed by atoms with E-state index in [2.05, 4.69) is 411 Å². The molecule has 0 saturated heterocycles. The molecule has 7 aromatic rings. The molecule has 0 bridgehead atoms. The fourth-order valence-electron chi connectivity index (χ4n) is 17.6. The second-order valence-corrected chi connectivity index (χ2v) is 46.7. The van der Waals surface area contributed by atoms with Crippen LogP contribution in [-0.4, -0.2) is 0 Å². The zero-order chi connectivity index (χ0) is 94.4. The molecular weight excluding hydrogens is 1490 g/mol. The molecule has 0 unspecified atom stereocenters. The van der Waals surface area contributed by atoms with Crippen LogP contribution in [0, 0.1) is 118 Å². The van der Waals surface area contributed by atoms with Crippen LogP contribution in [0.1, 0.15) is 394 Å². The molecule has 0 saturated carbocycles. The van der Waals surface area contributed by atoms with Gasteiger partial charge in [0.2, 0.25) is 0 Å². The van der Waals surface area contributed by atoms with Crippen LogP contribution >= 0.6 is 0 Å². The summed E-state index contributed by atoms with van der Waals surface area (Å²) in [6.07, 6.45) is 26.2. The molecule has 0 N–H and O–H groups in total. The van der Waals surface area contributed by atoms with Gasteiger partial charge in [-0.05, 0) is 364 Å². The molecule has 0 aliphatic rings. The van der Waals surface area contributed by atoms with Gasteiger partial charge in [-0.3, -0.25) is 0 Å². The predicted octanol–water partition coefficient (Wildman–Crippen LogP) is 36.4. The maximum absolute atomic E-state index is 3.72. The van der Waals surface area contributed by atoms with Gasteiger partial charge in [0.05, 0.1) is 0 Å². The molecule has 0 aliphatic heterocycles. The van der Waals surface area contributed by atoms with Crippen molar-refractivity contribution in [3.8, 4) is 0 Å². The predicted molar refractivity (Wildman–Crippen MR) is 566 cm³/mol. The minimum absolute atomic E-state index is 0.705. The quantitative estimate of drug-likeness (QED) is 0.0358. The van der Waals surface area contributed by atoms with Gasteiger partial charge < -0.3 is 0 Å². The fraction of sp³-hybridized carbons (Fsp3) is 0.645. The van der Waals surface area contributed by atoms with E-state index in [0.717, 1.165) is 89.3 Å². The third kappa shape index (κ3) is 53.9. The summed E-state index contributed by atoms with van der Waals surface area (Å²) in [4.78, 5) is 0. The highest BCUT2D eigenvalue weighted by molar-refractivity contribution is 5.54. The highest BCUT2D eigenvalue weighted by atomic mass is 14.3. The summed E-state index contributed by atoms with van der Waals surface area (Å²) in [7, 11) is 0. The van der Waals surface area contributed by atoms with Crippen molar-refractivity contribution in [2.45, 2.75) is 405 Å². The Morgan fingerprint density at radius 1 is 0.153 bits per heavy atom. The van der Waals surface area contributed by atoms with E-state index >= 15 is 0 Å². The van der Waals surface area contributed by atoms with Crippen LogP contribution < -0.4 is 0 Å². The highest BCUT2D eigenvalue weighted by Gasteiger charge is 2.27. The molecule has 0 atom stereocenters. The van der Waals surface area contributed by atoms with Crippen molar-refractivity contribution in [2.24, 2.45) is 118 Å². The van der Waals surface area contributed by atoms with Crippen molar-refractivity contribution >= 4 is 6.08 Å². The van der Waals surface area contributed by atoms with Gasteiger partial charge in [-0.15, -0.1) is 0 Å². The average Bonchev–Trinajstić information content (AvgIpc) is 0.757. The Balaban J connectivity index is 0.000000740. The van der Waals surface area contributed by atoms with Gasteiger partial charge in [0.1, 0.15) is 0 Å². The van der Waals surface area contributed by atoms with Gasteiger partial charge in [0.25, 0.3) is 0 Å². The Morgan fingerprint density at radius 2 is 0.315 bits per heavy atom. The minimum Gasteiger partial charge on any atom is -0.0985 e. The van der Waals surface area contributed by atoms with Crippen LogP contribution in [-0.2, 0) is 128 Å². The maximum atomic E-state index is 3.72. The van der Waals surface area contributed by atoms with Gasteiger partial charge in [-0.1, -0.05) is 417 Å². The summed E-state index contributed by atoms with van der Waals surface area (Å²) >= 11 is 0. The van der Waals surface area contributed by atoms with Gasteiger partial charge in [-0.25, -0.2) is 0 Å². The molecule has 0 radical (unpaired) electrons. The van der Waals surface area contributed by atoms with E-state index in [-0.39, 0.29) is 0 Å². The summed E-state index contributed by atoms with van der Waals surface area (Å²) in [5.74, 6) is 14.6. The van der Waals surface area contributed by atoms with Gasteiger partial charge >= 0.3 is 0 Å². The van der Waals surface area contributed by atoms with Crippen LogP contribution in [0.25, 0.3) is 6.08 Å². The fourth-order valence-corrected chi connectivity index (χ4v) is 17.6. The molecule has 0 heterocycles. The summed E-state index contributed by atoms with van der Waals surface area (Å²) in [5.41, 5.74) is 33.0. The summed E-state index contributed by atoms with van der Waals surface area (Å²) in [5, 5.41) is 0. The van der Waals surface area contributed by atoms with E-state index in [1.807, 2.05) is 6.08 Å². The Labute approximate surface area is 775 Å². The third-order valence-electron chi connectivity index (χ3n) is 21.8. The first-order valence-electron chi connectivity index (χ1n) is 51.2. The van der Waals surface area contributed by atoms with Gasteiger partial charge in [-0.2, -0.15) is 0 Å². The number of rotatable bonds is 41. The lowest BCUT2D eigenvalue weighted by atomic mass is 9.74. The lowest BCUT2D eigenvalue weighted by Gasteiger charge is -2.31. The van der Waals surface area contributed by atoms with Crippen molar-refractivity contribution in [1.82, 2.24) is 0 Å². The van der Waals surface area contributed by atoms with Crippen molar-refractivity contribution in [3.63, 3.8) is 0 Å². The zero-order valence-electron chi connectivity index (χ0n) is 89.6. The van der Waals surface area contributed by atoms with Crippen LogP contribution in [0.15, 0.2) is 134 Å². The molecule has 700 valence electrons. The second-order valence-electron chi connectivity index (χ2n) is 46.7. The number of hydrogen-bond donors (Lipinski definition) is 0. The van der Waals surface area contributed by atoms with Crippen LogP contribution in [0.5, 0.6) is 0 Å². The minimum atomic E-state index is 0.705. The third-order valence-corrected chi connectivity index (χ3v) is 21.8. The molecule has 0 aliphatic carbocycles. The van der Waals surface area contributed by atoms with Crippen molar-refractivity contribution in [1.29, 1.82) is 0 Å². The average molecular weight is 1690 g/mol. The smallest absolute Gasteiger partial charge is 0.0250 e. The number of hydrogen-bond acceptors (Lipinski definition) is 0. The first-order chi connectivity index (χ1) is 57.8. The van der Waals surface area contributed by atoms with Crippen molar-refractivity contribution in [3.05, 3.63) is 251 Å². The molecule has 0 amide bonds. The van der Waals surface area contributed by atoms with E-state index in [0.29, 0.717) is 35.5 Å². The topological polar surface area (TPSA) is 0 Å². The van der Waals surface area contributed by atoms with Crippen LogP contribution in [0.2, 0.25) is 0 Å².